The topological polar surface area (TPSA) is 46.3 Å². The van der Waals surface area contributed by atoms with Crippen molar-refractivity contribution in [1.29, 1.82) is 0 Å². The van der Waals surface area contributed by atoms with Crippen molar-refractivity contribution in [2.24, 2.45) is 0 Å². The van der Waals surface area contributed by atoms with Crippen LogP contribution in [-0.2, 0) is 0 Å². The Kier molecular flexibility index (Phi) is 1.65. The predicted molar refractivity (Wildman–Crippen MR) is 49.8 cm³/mol. The molecule has 2 heterocycles. The van der Waals surface area contributed by atoms with Crippen LogP contribution in [0, 0.1) is 6.92 Å². The number of hydrogen-bond donors (Lipinski definition) is 0. The fourth-order valence-electron chi connectivity index (χ4n) is 1.15. The summed E-state index contributed by atoms with van der Waals surface area (Å²) in [5, 5.41) is 12.3. The Bertz CT molecular complexity index is 431. The molecule has 0 aromatic carbocycles. The second-order valence-electron chi connectivity index (χ2n) is 3.14. The number of hydrogen-bond acceptors (Lipinski definition) is 4. The lowest BCUT2D eigenvalue weighted by Crippen LogP contribution is -2.13. The van der Waals surface area contributed by atoms with E-state index in [1.807, 2.05) is 38.1 Å². The number of fused-ring (bicyclic) bond motifs is 1. The Morgan fingerprint density at radius 2 is 2.00 bits per heavy atom. The van der Waals surface area contributed by atoms with E-state index in [1.54, 1.807) is 4.52 Å². The lowest BCUT2D eigenvalue weighted by molar-refractivity contribution is 0.860. The molecule has 0 radical (unpaired) electrons. The molecule has 2 aromatic rings. The van der Waals surface area contributed by atoms with Gasteiger partial charge in [-0.25, -0.2) is 0 Å². The molecule has 0 saturated heterocycles. The van der Waals surface area contributed by atoms with E-state index >= 15 is 0 Å². The highest BCUT2D eigenvalue weighted by atomic mass is 15.4. The van der Waals surface area contributed by atoms with E-state index in [1.165, 1.54) is 0 Å². The van der Waals surface area contributed by atoms with Gasteiger partial charge in [-0.1, -0.05) is 0 Å². The third kappa shape index (κ3) is 1.22. The first kappa shape index (κ1) is 7.97. The fraction of sp³-hybridized carbons (Fsp3) is 0.375. The highest BCUT2D eigenvalue weighted by molar-refractivity contribution is 5.43. The van der Waals surface area contributed by atoms with Crippen molar-refractivity contribution >= 4 is 11.6 Å². The molecule has 0 atom stereocenters. The third-order valence-corrected chi connectivity index (χ3v) is 1.78. The van der Waals surface area contributed by atoms with Gasteiger partial charge in [0.1, 0.15) is 0 Å². The van der Waals surface area contributed by atoms with Gasteiger partial charge in [0.2, 0.25) is 5.95 Å². The maximum Gasteiger partial charge on any atom is 0.248 e. The molecule has 0 bridgehead atoms. The van der Waals surface area contributed by atoms with E-state index < -0.39 is 0 Å². The zero-order valence-electron chi connectivity index (χ0n) is 7.89. The summed E-state index contributed by atoms with van der Waals surface area (Å²) in [6, 6.07) is 3.83. The lowest BCUT2D eigenvalue weighted by atomic mass is 10.4. The Morgan fingerprint density at radius 1 is 1.23 bits per heavy atom. The van der Waals surface area contributed by atoms with Gasteiger partial charge in [0.15, 0.2) is 5.65 Å². The van der Waals surface area contributed by atoms with Crippen LogP contribution in [0.15, 0.2) is 12.1 Å². The summed E-state index contributed by atoms with van der Waals surface area (Å²) < 4.78 is 1.73. The molecule has 0 saturated carbocycles. The molecule has 13 heavy (non-hydrogen) atoms. The molecular formula is C8H11N5. The third-order valence-electron chi connectivity index (χ3n) is 1.78. The monoisotopic (exact) mass is 177 g/mol. The number of aromatic nitrogens is 4. The molecule has 2 aromatic heterocycles. The van der Waals surface area contributed by atoms with E-state index in [0.717, 1.165) is 17.3 Å². The summed E-state index contributed by atoms with van der Waals surface area (Å²) in [6.07, 6.45) is 0. The minimum Gasteiger partial charge on any atom is -0.346 e. The molecule has 0 spiro atoms. The molecule has 0 fully saturated rings. The van der Waals surface area contributed by atoms with Crippen molar-refractivity contribution in [2.45, 2.75) is 6.92 Å². The van der Waals surface area contributed by atoms with Crippen molar-refractivity contribution in [3.63, 3.8) is 0 Å². The van der Waals surface area contributed by atoms with Gasteiger partial charge in [-0.05, 0) is 19.1 Å². The number of anilines is 1. The molecule has 0 aliphatic rings. The predicted octanol–water partition coefficient (Wildman–Crippen LogP) is 0.499. The summed E-state index contributed by atoms with van der Waals surface area (Å²) >= 11 is 0. The SMILES string of the molecule is Cc1ccc2nnc(N(C)C)n2n1. The van der Waals surface area contributed by atoms with Crippen molar-refractivity contribution < 1.29 is 0 Å². The maximum absolute atomic E-state index is 4.31. The number of nitrogens with zero attached hydrogens (tertiary/aromatic N) is 5. The van der Waals surface area contributed by atoms with Crippen LogP contribution >= 0.6 is 0 Å². The minimum atomic E-state index is 0.749. The lowest BCUT2D eigenvalue weighted by Gasteiger charge is -2.07. The highest BCUT2D eigenvalue weighted by Crippen LogP contribution is 2.08. The van der Waals surface area contributed by atoms with Gasteiger partial charge in [0, 0.05) is 14.1 Å². The molecule has 5 nitrogen and oxygen atoms in total. The van der Waals surface area contributed by atoms with Crippen LogP contribution in [0.25, 0.3) is 5.65 Å². The molecule has 0 aliphatic heterocycles. The quantitative estimate of drug-likeness (QED) is 0.636. The van der Waals surface area contributed by atoms with Gasteiger partial charge < -0.3 is 4.90 Å². The van der Waals surface area contributed by atoms with Crippen molar-refractivity contribution in [1.82, 2.24) is 19.8 Å². The van der Waals surface area contributed by atoms with E-state index in [2.05, 4.69) is 15.3 Å². The van der Waals surface area contributed by atoms with E-state index in [-0.39, 0.29) is 0 Å². The van der Waals surface area contributed by atoms with Gasteiger partial charge in [-0.3, -0.25) is 0 Å². The van der Waals surface area contributed by atoms with Crippen LogP contribution in [0.5, 0.6) is 0 Å². The normalized spacial score (nSPS) is 10.7. The Morgan fingerprint density at radius 3 is 2.69 bits per heavy atom. The van der Waals surface area contributed by atoms with Crippen molar-refractivity contribution in [2.75, 3.05) is 19.0 Å². The van der Waals surface area contributed by atoms with Gasteiger partial charge in [0.25, 0.3) is 0 Å². The Hall–Kier alpha value is -1.65. The summed E-state index contributed by atoms with van der Waals surface area (Å²) in [5.74, 6) is 0.749. The zero-order valence-corrected chi connectivity index (χ0v) is 7.89. The first-order chi connectivity index (χ1) is 6.18. The van der Waals surface area contributed by atoms with Gasteiger partial charge >= 0.3 is 0 Å². The zero-order chi connectivity index (χ0) is 9.42. The van der Waals surface area contributed by atoms with Crippen LogP contribution < -0.4 is 4.90 Å². The largest absolute Gasteiger partial charge is 0.346 e. The second-order valence-corrected chi connectivity index (χ2v) is 3.14. The Labute approximate surface area is 76.0 Å². The standard InChI is InChI=1S/C8H11N5/c1-6-4-5-7-9-10-8(12(2)3)13(7)11-6/h4-5H,1-3H3. The highest BCUT2D eigenvalue weighted by Gasteiger charge is 2.07. The summed E-state index contributed by atoms with van der Waals surface area (Å²) in [7, 11) is 3.83. The van der Waals surface area contributed by atoms with Crippen LogP contribution in [0.3, 0.4) is 0 Å². The summed E-state index contributed by atoms with van der Waals surface area (Å²) in [6.45, 7) is 1.94. The molecule has 0 amide bonds. The van der Waals surface area contributed by atoms with Crippen LogP contribution in [0.4, 0.5) is 5.95 Å². The van der Waals surface area contributed by atoms with E-state index in [9.17, 15) is 0 Å². The van der Waals surface area contributed by atoms with Crippen LogP contribution in [0.2, 0.25) is 0 Å². The first-order valence-corrected chi connectivity index (χ1v) is 4.05. The molecular weight excluding hydrogens is 166 g/mol. The smallest absolute Gasteiger partial charge is 0.248 e. The number of aryl methyl sites for hydroxylation is 1. The Balaban J connectivity index is 2.71. The summed E-state index contributed by atoms with van der Waals surface area (Å²) in [4.78, 5) is 1.88. The second kappa shape index (κ2) is 2.69. The van der Waals surface area contributed by atoms with E-state index in [0.29, 0.717) is 0 Å². The average molecular weight is 177 g/mol. The minimum absolute atomic E-state index is 0.749. The maximum atomic E-state index is 4.31. The van der Waals surface area contributed by atoms with Gasteiger partial charge in [0.05, 0.1) is 5.69 Å². The molecule has 0 N–H and O–H groups in total. The molecule has 5 heteroatoms. The average Bonchev–Trinajstić information content (AvgIpc) is 2.46. The van der Waals surface area contributed by atoms with Gasteiger partial charge in [-0.15, -0.1) is 10.2 Å². The number of rotatable bonds is 1. The van der Waals surface area contributed by atoms with E-state index in [4.69, 9.17) is 0 Å². The van der Waals surface area contributed by atoms with Gasteiger partial charge in [-0.2, -0.15) is 9.61 Å². The first-order valence-electron chi connectivity index (χ1n) is 4.05. The van der Waals surface area contributed by atoms with Crippen molar-refractivity contribution in [3.8, 4) is 0 Å². The fourth-order valence-corrected chi connectivity index (χ4v) is 1.15. The summed E-state index contributed by atoms with van der Waals surface area (Å²) in [5.41, 5.74) is 1.73. The van der Waals surface area contributed by atoms with Crippen LogP contribution in [0.1, 0.15) is 5.69 Å². The molecule has 0 aliphatic carbocycles. The molecule has 0 unspecified atom stereocenters. The van der Waals surface area contributed by atoms with Crippen LogP contribution in [-0.4, -0.2) is 33.9 Å². The van der Waals surface area contributed by atoms with Crippen molar-refractivity contribution in [3.05, 3.63) is 17.8 Å². The molecule has 2 rings (SSSR count). The molecule has 68 valence electrons.